The van der Waals surface area contributed by atoms with E-state index in [-0.39, 0.29) is 5.91 Å². The molecule has 3 aliphatic rings. The average molecular weight is 289 g/mol. The Kier molecular flexibility index (Phi) is 4.21. The molecule has 4 nitrogen and oxygen atoms in total. The predicted molar refractivity (Wildman–Crippen MR) is 81.5 cm³/mol. The smallest absolute Gasteiger partial charge is 0.243 e. The number of amides is 1. The van der Waals surface area contributed by atoms with Crippen LogP contribution in [0.5, 0.6) is 0 Å². The van der Waals surface area contributed by atoms with Gasteiger partial charge in [-0.05, 0) is 52.1 Å². The zero-order valence-corrected chi connectivity index (χ0v) is 13.2. The van der Waals surface area contributed by atoms with Crippen molar-refractivity contribution in [2.24, 2.45) is 5.41 Å². The summed E-state index contributed by atoms with van der Waals surface area (Å²) in [5.41, 5.74) is -0.710. The van der Waals surface area contributed by atoms with E-state index < -0.39 is 5.41 Å². The van der Waals surface area contributed by atoms with Crippen molar-refractivity contribution < 1.29 is 4.79 Å². The Morgan fingerprint density at radius 1 is 1.05 bits per heavy atom. The Balaban J connectivity index is 1.78. The molecule has 0 radical (unpaired) electrons. The minimum Gasteiger partial charge on any atom is -0.337 e. The Bertz CT molecular complexity index is 436. The second-order valence-corrected chi connectivity index (χ2v) is 7.15. The number of hydrogen-bond acceptors (Lipinski definition) is 3. The van der Waals surface area contributed by atoms with Gasteiger partial charge in [-0.15, -0.1) is 0 Å². The Morgan fingerprint density at radius 3 is 2.33 bits per heavy atom. The molecule has 0 bridgehead atoms. The molecule has 0 aromatic rings. The van der Waals surface area contributed by atoms with E-state index >= 15 is 0 Å². The van der Waals surface area contributed by atoms with E-state index in [1.807, 2.05) is 0 Å². The van der Waals surface area contributed by atoms with E-state index in [0.717, 1.165) is 51.6 Å². The Hall–Kier alpha value is -1.08. The van der Waals surface area contributed by atoms with E-state index in [4.69, 9.17) is 0 Å². The first-order valence-electron chi connectivity index (χ1n) is 8.60. The summed E-state index contributed by atoms with van der Waals surface area (Å²) in [4.78, 5) is 17.6. The number of carbonyl (C=O) groups is 1. The van der Waals surface area contributed by atoms with Gasteiger partial charge in [0.15, 0.2) is 0 Å². The number of rotatable bonds is 2. The summed E-state index contributed by atoms with van der Waals surface area (Å²) < 4.78 is 0. The third-order valence-electron chi connectivity index (χ3n) is 5.91. The molecule has 0 unspecified atom stereocenters. The van der Waals surface area contributed by atoms with Gasteiger partial charge in [0.05, 0.1) is 6.07 Å². The van der Waals surface area contributed by atoms with Crippen LogP contribution in [0, 0.1) is 16.7 Å². The maximum absolute atomic E-state index is 13.1. The van der Waals surface area contributed by atoms with Crippen molar-refractivity contribution in [3.8, 4) is 6.07 Å². The molecular weight excluding hydrogens is 262 g/mol. The molecule has 116 valence electrons. The number of nitriles is 1. The van der Waals surface area contributed by atoms with E-state index in [9.17, 15) is 10.1 Å². The largest absolute Gasteiger partial charge is 0.337 e. The molecule has 1 saturated carbocycles. The summed E-state index contributed by atoms with van der Waals surface area (Å²) in [6, 6.07) is 3.27. The summed E-state index contributed by atoms with van der Waals surface area (Å²) in [5.74, 6) is 0.146. The van der Waals surface area contributed by atoms with Gasteiger partial charge < -0.3 is 9.80 Å². The normalized spacial score (nSPS) is 33.0. The highest BCUT2D eigenvalue weighted by Crippen LogP contribution is 2.40. The second-order valence-electron chi connectivity index (χ2n) is 7.15. The molecule has 2 heterocycles. The van der Waals surface area contributed by atoms with E-state index in [1.165, 1.54) is 19.3 Å². The lowest BCUT2D eigenvalue weighted by atomic mass is 9.74. The SMILES string of the molecule is CN1CCC[C@@H]1[C@@H]1CCCN1C(=O)C1(C#N)CCCCC1. The summed E-state index contributed by atoms with van der Waals surface area (Å²) in [7, 11) is 2.18. The fourth-order valence-electron chi connectivity index (χ4n) is 4.67. The van der Waals surface area contributed by atoms with Gasteiger partial charge in [0.25, 0.3) is 0 Å². The topological polar surface area (TPSA) is 47.3 Å². The number of hydrogen-bond donors (Lipinski definition) is 0. The molecule has 1 amide bonds. The van der Waals surface area contributed by atoms with Gasteiger partial charge in [-0.3, -0.25) is 4.79 Å². The molecule has 0 spiro atoms. The fraction of sp³-hybridized carbons (Fsp3) is 0.882. The van der Waals surface area contributed by atoms with Gasteiger partial charge in [-0.25, -0.2) is 0 Å². The zero-order valence-electron chi connectivity index (χ0n) is 13.2. The maximum atomic E-state index is 13.1. The Morgan fingerprint density at radius 2 is 1.71 bits per heavy atom. The van der Waals surface area contributed by atoms with Crippen LogP contribution in [0.3, 0.4) is 0 Å². The first kappa shape index (κ1) is 14.8. The van der Waals surface area contributed by atoms with Crippen LogP contribution < -0.4 is 0 Å². The molecular formula is C17H27N3O. The van der Waals surface area contributed by atoms with Crippen LogP contribution in [0.1, 0.15) is 57.8 Å². The van der Waals surface area contributed by atoms with Crippen LogP contribution in [0.2, 0.25) is 0 Å². The molecule has 0 aromatic carbocycles. The highest BCUT2D eigenvalue weighted by Gasteiger charge is 2.47. The summed E-state index contributed by atoms with van der Waals surface area (Å²) in [6.07, 6.45) is 9.42. The van der Waals surface area contributed by atoms with Crippen LogP contribution in [0.25, 0.3) is 0 Å². The van der Waals surface area contributed by atoms with E-state index in [0.29, 0.717) is 12.1 Å². The van der Waals surface area contributed by atoms with Crippen molar-refractivity contribution in [3.63, 3.8) is 0 Å². The van der Waals surface area contributed by atoms with Crippen molar-refractivity contribution in [1.29, 1.82) is 5.26 Å². The minimum absolute atomic E-state index is 0.146. The number of likely N-dealkylation sites (N-methyl/N-ethyl adjacent to an activating group) is 1. The van der Waals surface area contributed by atoms with Crippen molar-refractivity contribution in [2.45, 2.75) is 69.9 Å². The lowest BCUT2D eigenvalue weighted by Gasteiger charge is -2.39. The molecule has 0 aromatic heterocycles. The standard InChI is InChI=1S/C17H27N3O/c1-19-11-5-7-14(19)15-8-6-12-20(15)16(21)17(13-18)9-3-2-4-10-17/h14-15H,2-12H2,1H3/t14-,15+/m1/s1. The van der Waals surface area contributed by atoms with E-state index in [2.05, 4.69) is 22.9 Å². The first-order chi connectivity index (χ1) is 10.2. The van der Waals surface area contributed by atoms with Crippen molar-refractivity contribution in [3.05, 3.63) is 0 Å². The highest BCUT2D eigenvalue weighted by atomic mass is 16.2. The summed E-state index contributed by atoms with van der Waals surface area (Å²) in [6.45, 7) is 2.00. The molecule has 0 N–H and O–H groups in total. The Labute approximate surface area is 128 Å². The lowest BCUT2D eigenvalue weighted by Crippen LogP contribution is -2.52. The summed E-state index contributed by atoms with van der Waals surface area (Å²) in [5, 5.41) is 9.67. The van der Waals surface area contributed by atoms with Crippen LogP contribution in [0.4, 0.5) is 0 Å². The molecule has 2 saturated heterocycles. The van der Waals surface area contributed by atoms with Gasteiger partial charge in [0, 0.05) is 18.6 Å². The van der Waals surface area contributed by atoms with Gasteiger partial charge in [0.1, 0.15) is 5.41 Å². The van der Waals surface area contributed by atoms with Crippen molar-refractivity contribution >= 4 is 5.91 Å². The third kappa shape index (κ3) is 2.57. The van der Waals surface area contributed by atoms with Crippen LogP contribution in [-0.4, -0.2) is 47.9 Å². The van der Waals surface area contributed by atoms with Gasteiger partial charge in [0.2, 0.25) is 5.91 Å². The second kappa shape index (κ2) is 5.96. The van der Waals surface area contributed by atoms with Crippen molar-refractivity contribution in [1.82, 2.24) is 9.80 Å². The highest BCUT2D eigenvalue weighted by molar-refractivity contribution is 5.86. The van der Waals surface area contributed by atoms with Crippen molar-refractivity contribution in [2.75, 3.05) is 20.1 Å². The summed E-state index contributed by atoms with van der Waals surface area (Å²) >= 11 is 0. The minimum atomic E-state index is -0.710. The molecule has 21 heavy (non-hydrogen) atoms. The number of likely N-dealkylation sites (tertiary alicyclic amines) is 2. The molecule has 3 rings (SSSR count). The fourth-order valence-corrected chi connectivity index (χ4v) is 4.67. The molecule has 2 aliphatic heterocycles. The van der Waals surface area contributed by atoms with Crippen LogP contribution in [-0.2, 0) is 4.79 Å². The van der Waals surface area contributed by atoms with Gasteiger partial charge >= 0.3 is 0 Å². The molecule has 4 heteroatoms. The monoisotopic (exact) mass is 289 g/mol. The first-order valence-corrected chi connectivity index (χ1v) is 8.60. The predicted octanol–water partition coefficient (Wildman–Crippen LogP) is 2.55. The lowest BCUT2D eigenvalue weighted by molar-refractivity contribution is -0.142. The van der Waals surface area contributed by atoms with Gasteiger partial charge in [-0.1, -0.05) is 19.3 Å². The molecule has 3 fully saturated rings. The number of nitrogens with zero attached hydrogens (tertiary/aromatic N) is 3. The number of carbonyl (C=O) groups excluding carboxylic acids is 1. The quantitative estimate of drug-likeness (QED) is 0.785. The third-order valence-corrected chi connectivity index (χ3v) is 5.91. The van der Waals surface area contributed by atoms with E-state index in [1.54, 1.807) is 0 Å². The average Bonchev–Trinajstić information content (AvgIpc) is 3.15. The zero-order chi connectivity index (χ0) is 14.9. The van der Waals surface area contributed by atoms with Crippen LogP contribution in [0.15, 0.2) is 0 Å². The maximum Gasteiger partial charge on any atom is 0.243 e. The molecule has 1 aliphatic carbocycles. The van der Waals surface area contributed by atoms with Crippen LogP contribution >= 0.6 is 0 Å². The van der Waals surface area contributed by atoms with Gasteiger partial charge in [-0.2, -0.15) is 5.26 Å². The molecule has 2 atom stereocenters.